The predicted molar refractivity (Wildman–Crippen MR) is 94.0 cm³/mol. The number of alkyl halides is 1. The van der Waals surface area contributed by atoms with Crippen molar-refractivity contribution in [3.63, 3.8) is 0 Å². The van der Waals surface area contributed by atoms with Gasteiger partial charge in [0.25, 0.3) is 0 Å². The Bertz CT molecular complexity index is 673. The molecule has 0 unspecified atom stereocenters. The molecule has 0 saturated heterocycles. The number of rotatable bonds is 2. The van der Waals surface area contributed by atoms with Crippen molar-refractivity contribution in [2.45, 2.75) is 64.6 Å². The highest BCUT2D eigenvalue weighted by molar-refractivity contribution is 5.92. The molecular formula is C21H29FO4. The summed E-state index contributed by atoms with van der Waals surface area (Å²) in [6.45, 7) is 3.61. The normalized spacial score (nSPS) is 50.5. The van der Waals surface area contributed by atoms with Crippen LogP contribution in [-0.4, -0.2) is 40.7 Å². The van der Waals surface area contributed by atoms with Crippen molar-refractivity contribution in [2.75, 3.05) is 6.61 Å². The van der Waals surface area contributed by atoms with Gasteiger partial charge in [-0.15, -0.1) is 0 Å². The van der Waals surface area contributed by atoms with E-state index in [9.17, 15) is 19.8 Å². The Hall–Kier alpha value is -1.07. The second-order valence-corrected chi connectivity index (χ2v) is 9.51. The van der Waals surface area contributed by atoms with Crippen LogP contribution < -0.4 is 0 Å². The molecule has 0 bridgehead atoms. The molecule has 0 radical (unpaired) electrons. The number of aliphatic hydroxyl groups is 2. The summed E-state index contributed by atoms with van der Waals surface area (Å²) in [6.07, 6.45) is 3.16. The average Bonchev–Trinajstić information content (AvgIpc) is 2.92. The van der Waals surface area contributed by atoms with Gasteiger partial charge >= 0.3 is 0 Å². The molecule has 4 rings (SSSR count). The lowest BCUT2D eigenvalue weighted by Gasteiger charge is -2.60. The molecular weight excluding hydrogens is 335 g/mol. The molecule has 26 heavy (non-hydrogen) atoms. The molecule has 4 aliphatic carbocycles. The van der Waals surface area contributed by atoms with E-state index in [1.54, 1.807) is 0 Å². The van der Waals surface area contributed by atoms with E-state index in [1.807, 2.05) is 13.8 Å². The quantitative estimate of drug-likeness (QED) is 0.790. The molecule has 0 aliphatic heterocycles. The van der Waals surface area contributed by atoms with Crippen LogP contribution in [0.5, 0.6) is 0 Å². The molecule has 0 heterocycles. The van der Waals surface area contributed by atoms with Gasteiger partial charge in [-0.25, -0.2) is 4.39 Å². The molecule has 3 saturated carbocycles. The zero-order chi connectivity index (χ0) is 18.9. The lowest BCUT2D eigenvalue weighted by atomic mass is 9.45. The minimum absolute atomic E-state index is 0.0109. The molecule has 0 spiro atoms. The number of fused-ring (bicyclic) bond motifs is 5. The Balaban J connectivity index is 1.74. The van der Waals surface area contributed by atoms with Gasteiger partial charge in [0.1, 0.15) is 12.8 Å². The van der Waals surface area contributed by atoms with E-state index in [2.05, 4.69) is 0 Å². The number of halogens is 1. The second kappa shape index (κ2) is 5.96. The summed E-state index contributed by atoms with van der Waals surface area (Å²) >= 11 is 0. The number of carbonyl (C=O) groups is 2. The fourth-order valence-electron chi connectivity index (χ4n) is 7.33. The van der Waals surface area contributed by atoms with Gasteiger partial charge in [-0.1, -0.05) is 13.8 Å². The maximum atomic E-state index is 15.1. The van der Waals surface area contributed by atoms with E-state index < -0.39 is 24.3 Å². The number of aliphatic hydroxyl groups excluding tert-OH is 2. The van der Waals surface area contributed by atoms with Gasteiger partial charge in [0.05, 0.1) is 6.10 Å². The maximum Gasteiger partial charge on any atom is 0.161 e. The van der Waals surface area contributed by atoms with Crippen LogP contribution >= 0.6 is 0 Å². The smallest absolute Gasteiger partial charge is 0.161 e. The van der Waals surface area contributed by atoms with Crippen molar-refractivity contribution >= 4 is 11.6 Å². The monoisotopic (exact) mass is 364 g/mol. The first-order valence-corrected chi connectivity index (χ1v) is 9.93. The van der Waals surface area contributed by atoms with Crippen molar-refractivity contribution in [1.29, 1.82) is 0 Å². The Labute approximate surface area is 153 Å². The predicted octanol–water partition coefficient (Wildman–Crippen LogP) is 2.61. The van der Waals surface area contributed by atoms with Crippen LogP contribution in [0, 0.1) is 34.5 Å². The van der Waals surface area contributed by atoms with Gasteiger partial charge in [0, 0.05) is 12.3 Å². The molecule has 144 valence electrons. The maximum absolute atomic E-state index is 15.1. The van der Waals surface area contributed by atoms with Crippen LogP contribution in [0.15, 0.2) is 11.6 Å². The average molecular weight is 364 g/mol. The van der Waals surface area contributed by atoms with Crippen LogP contribution in [0.4, 0.5) is 4.39 Å². The summed E-state index contributed by atoms with van der Waals surface area (Å²) in [6, 6.07) is 0. The van der Waals surface area contributed by atoms with Crippen LogP contribution in [0.3, 0.4) is 0 Å². The SMILES string of the molecule is C[C@]12C[C@@H](O)[C@H]3[C@@H](C[C@H](F)C4=CC(=O)CC[C@@]43C)[C@@H]1CC[C@@H]2C(=O)CO. The summed E-state index contributed by atoms with van der Waals surface area (Å²) in [4.78, 5) is 24.1. The zero-order valence-electron chi connectivity index (χ0n) is 15.6. The highest BCUT2D eigenvalue weighted by Gasteiger charge is 2.64. The minimum Gasteiger partial charge on any atom is -0.393 e. The van der Waals surface area contributed by atoms with Crippen molar-refractivity contribution in [3.8, 4) is 0 Å². The lowest BCUT2D eigenvalue weighted by Crippen LogP contribution is -2.59. The minimum atomic E-state index is -1.15. The molecule has 2 N–H and O–H groups in total. The van der Waals surface area contributed by atoms with Crippen molar-refractivity contribution in [1.82, 2.24) is 0 Å². The number of carbonyl (C=O) groups excluding carboxylic acids is 2. The van der Waals surface area contributed by atoms with Crippen LogP contribution in [0.1, 0.15) is 52.4 Å². The van der Waals surface area contributed by atoms with Gasteiger partial charge in [-0.2, -0.15) is 0 Å². The van der Waals surface area contributed by atoms with E-state index in [-0.39, 0.29) is 40.7 Å². The molecule has 4 nitrogen and oxygen atoms in total. The Morgan fingerprint density at radius 1 is 1.35 bits per heavy atom. The molecule has 0 aromatic rings. The zero-order valence-corrected chi connectivity index (χ0v) is 15.6. The molecule has 4 aliphatic rings. The first-order chi connectivity index (χ1) is 12.2. The number of hydrogen-bond acceptors (Lipinski definition) is 4. The van der Waals surface area contributed by atoms with Gasteiger partial charge in [-0.05, 0) is 72.3 Å². The number of hydrogen-bond donors (Lipinski definition) is 2. The van der Waals surface area contributed by atoms with Gasteiger partial charge in [-0.3, -0.25) is 9.59 Å². The summed E-state index contributed by atoms with van der Waals surface area (Å²) < 4.78 is 15.1. The fraction of sp³-hybridized carbons (Fsp3) is 0.810. The molecule has 0 aromatic heterocycles. The van der Waals surface area contributed by atoms with Crippen LogP contribution in [0.25, 0.3) is 0 Å². The topological polar surface area (TPSA) is 74.6 Å². The highest BCUT2D eigenvalue weighted by Crippen LogP contribution is 2.66. The number of ketones is 2. The first-order valence-electron chi connectivity index (χ1n) is 9.93. The highest BCUT2D eigenvalue weighted by atomic mass is 19.1. The van der Waals surface area contributed by atoms with Gasteiger partial charge in [0.2, 0.25) is 0 Å². The third kappa shape index (κ3) is 2.32. The molecule has 0 aromatic carbocycles. The molecule has 8 atom stereocenters. The van der Waals surface area contributed by atoms with Gasteiger partial charge in [0.15, 0.2) is 11.6 Å². The van der Waals surface area contributed by atoms with E-state index in [1.165, 1.54) is 6.08 Å². The van der Waals surface area contributed by atoms with E-state index in [4.69, 9.17) is 0 Å². The van der Waals surface area contributed by atoms with Crippen molar-refractivity contribution < 1.29 is 24.2 Å². The van der Waals surface area contributed by atoms with E-state index >= 15 is 4.39 Å². The third-order valence-corrected chi connectivity index (χ3v) is 8.41. The second-order valence-electron chi connectivity index (χ2n) is 9.51. The Morgan fingerprint density at radius 2 is 2.08 bits per heavy atom. The van der Waals surface area contributed by atoms with Crippen molar-refractivity contribution in [3.05, 3.63) is 11.6 Å². The molecule has 3 fully saturated rings. The van der Waals surface area contributed by atoms with Crippen LogP contribution in [-0.2, 0) is 9.59 Å². The summed E-state index contributed by atoms with van der Waals surface area (Å²) in [5.74, 6) is -0.263. The van der Waals surface area contributed by atoms with E-state index in [0.717, 1.165) is 6.42 Å². The fourth-order valence-corrected chi connectivity index (χ4v) is 7.33. The number of allylic oxidation sites excluding steroid dienone is 1. The van der Waals surface area contributed by atoms with Crippen molar-refractivity contribution in [2.24, 2.45) is 34.5 Å². The standard InChI is InChI=1S/C21H29FO4/c1-20-6-5-11(24)7-15(20)16(22)8-12-13-3-4-14(18(26)10-23)21(13,2)9-17(25)19(12)20/h7,12-14,16-17,19,23,25H,3-6,8-10H2,1-2H3/t12-,13-,14+,16-,17+,19+,20-,21-/m0/s1. The first kappa shape index (κ1) is 18.3. The van der Waals surface area contributed by atoms with Crippen LogP contribution in [0.2, 0.25) is 0 Å². The molecule has 0 amide bonds. The van der Waals surface area contributed by atoms with Gasteiger partial charge < -0.3 is 10.2 Å². The summed E-state index contributed by atoms with van der Waals surface area (Å²) in [5, 5.41) is 20.5. The van der Waals surface area contributed by atoms with E-state index in [0.29, 0.717) is 37.7 Å². The summed E-state index contributed by atoms with van der Waals surface area (Å²) in [7, 11) is 0. The third-order valence-electron chi connectivity index (χ3n) is 8.41. The lowest BCUT2D eigenvalue weighted by molar-refractivity contribution is -0.150. The Kier molecular flexibility index (Phi) is 4.20. The summed E-state index contributed by atoms with van der Waals surface area (Å²) in [5.41, 5.74) is -0.267. The number of Topliss-reactive ketones (excluding diaryl/α,β-unsaturated/α-hetero) is 1. The Morgan fingerprint density at radius 3 is 2.77 bits per heavy atom. The molecule has 5 heteroatoms. The largest absolute Gasteiger partial charge is 0.393 e.